The van der Waals surface area contributed by atoms with Gasteiger partial charge in [0.15, 0.2) is 0 Å². The third kappa shape index (κ3) is 3.65. The van der Waals surface area contributed by atoms with Crippen molar-refractivity contribution in [3.8, 4) is 0 Å². The first kappa shape index (κ1) is 21.9. The molecule has 0 aromatic heterocycles. The molecule has 0 spiro atoms. The predicted molar refractivity (Wildman–Crippen MR) is 121 cm³/mol. The molecule has 0 saturated heterocycles. The van der Waals surface area contributed by atoms with Gasteiger partial charge >= 0.3 is 0 Å². The lowest BCUT2D eigenvalue weighted by Gasteiger charge is -2.56. The van der Waals surface area contributed by atoms with Gasteiger partial charge in [-0.15, -0.1) is 0 Å². The van der Waals surface area contributed by atoms with Gasteiger partial charge < -0.3 is 10.2 Å². The fourth-order valence-electron chi connectivity index (χ4n) is 8.49. The van der Waals surface area contributed by atoms with Crippen LogP contribution >= 0.6 is 0 Å². The lowest BCUT2D eigenvalue weighted by molar-refractivity contribution is -0.0386. The summed E-state index contributed by atoms with van der Waals surface area (Å²) in [7, 11) is 0. The molecule has 2 N–H and O–H groups in total. The van der Waals surface area contributed by atoms with E-state index in [-0.39, 0.29) is 17.6 Å². The van der Waals surface area contributed by atoms with Gasteiger partial charge in [0.2, 0.25) is 0 Å². The predicted octanol–water partition coefficient (Wildman–Crippen LogP) is 6.50. The second-order valence-electron chi connectivity index (χ2n) is 12.3. The quantitative estimate of drug-likeness (QED) is 0.515. The molecule has 0 aliphatic heterocycles. The molecule has 29 heavy (non-hydrogen) atoms. The SMILES string of the molecule is CC(C)CCCC(C)C1CC(O)C2=C3CCC4CC(O)CCC4(C)C3CCC21C. The summed E-state index contributed by atoms with van der Waals surface area (Å²) in [4.78, 5) is 0. The molecule has 0 radical (unpaired) electrons. The molecule has 2 heteroatoms. The maximum atomic E-state index is 11.3. The molecule has 3 fully saturated rings. The third-order valence-corrected chi connectivity index (χ3v) is 10.2. The molecule has 0 aromatic carbocycles. The Balaban J connectivity index is 1.58. The van der Waals surface area contributed by atoms with Crippen molar-refractivity contribution in [2.24, 2.45) is 40.4 Å². The van der Waals surface area contributed by atoms with Crippen molar-refractivity contribution in [2.45, 2.75) is 117 Å². The smallest absolute Gasteiger partial charge is 0.0761 e. The van der Waals surface area contributed by atoms with Gasteiger partial charge in [0, 0.05) is 0 Å². The van der Waals surface area contributed by atoms with E-state index in [9.17, 15) is 10.2 Å². The van der Waals surface area contributed by atoms with Crippen LogP contribution in [0.3, 0.4) is 0 Å². The molecule has 166 valence electrons. The molecule has 8 unspecified atom stereocenters. The lowest BCUT2D eigenvalue weighted by atomic mass is 9.48. The fourth-order valence-corrected chi connectivity index (χ4v) is 8.49. The number of aliphatic hydroxyl groups excluding tert-OH is 2. The topological polar surface area (TPSA) is 40.5 Å². The summed E-state index contributed by atoms with van der Waals surface area (Å²) in [5.74, 6) is 3.48. The number of aliphatic hydroxyl groups is 2. The minimum atomic E-state index is -0.204. The highest BCUT2D eigenvalue weighted by molar-refractivity contribution is 5.37. The van der Waals surface area contributed by atoms with Crippen LogP contribution in [-0.2, 0) is 0 Å². The Morgan fingerprint density at radius 1 is 0.966 bits per heavy atom. The van der Waals surface area contributed by atoms with Crippen molar-refractivity contribution in [2.75, 3.05) is 0 Å². The van der Waals surface area contributed by atoms with Crippen molar-refractivity contribution in [1.29, 1.82) is 0 Å². The first-order valence-corrected chi connectivity index (χ1v) is 12.8. The average molecular weight is 403 g/mol. The number of hydrogen-bond donors (Lipinski definition) is 2. The summed E-state index contributed by atoms with van der Waals surface area (Å²) in [6.45, 7) is 12.1. The summed E-state index contributed by atoms with van der Waals surface area (Å²) in [6.07, 6.45) is 12.8. The van der Waals surface area contributed by atoms with Crippen molar-refractivity contribution < 1.29 is 10.2 Å². The molecule has 4 aliphatic rings. The molecule has 8 atom stereocenters. The van der Waals surface area contributed by atoms with Crippen molar-refractivity contribution in [3.05, 3.63) is 11.1 Å². The first-order valence-electron chi connectivity index (χ1n) is 12.8. The largest absolute Gasteiger partial charge is 0.393 e. The van der Waals surface area contributed by atoms with Crippen LogP contribution in [0.1, 0.15) is 105 Å². The van der Waals surface area contributed by atoms with Crippen LogP contribution < -0.4 is 0 Å². The molecule has 0 heterocycles. The van der Waals surface area contributed by atoms with E-state index in [1.54, 1.807) is 5.57 Å². The van der Waals surface area contributed by atoms with Gasteiger partial charge in [0.1, 0.15) is 0 Å². The Bertz CT molecular complexity index is 636. The second-order valence-corrected chi connectivity index (χ2v) is 12.3. The van der Waals surface area contributed by atoms with Crippen LogP contribution in [0.4, 0.5) is 0 Å². The monoisotopic (exact) mass is 402 g/mol. The van der Waals surface area contributed by atoms with Crippen molar-refractivity contribution in [3.63, 3.8) is 0 Å². The van der Waals surface area contributed by atoms with Crippen LogP contribution in [0.5, 0.6) is 0 Å². The van der Waals surface area contributed by atoms with E-state index in [1.807, 2.05) is 0 Å². The molecule has 3 saturated carbocycles. The Kier molecular flexibility index (Phi) is 6.01. The van der Waals surface area contributed by atoms with Crippen LogP contribution in [0.2, 0.25) is 0 Å². The normalized spacial score (nSPS) is 45.7. The van der Waals surface area contributed by atoms with Crippen molar-refractivity contribution in [1.82, 2.24) is 0 Å². The average Bonchev–Trinajstić information content (AvgIpc) is 2.93. The highest BCUT2D eigenvalue weighted by atomic mass is 16.3. The van der Waals surface area contributed by atoms with Gasteiger partial charge in [0.05, 0.1) is 12.2 Å². The van der Waals surface area contributed by atoms with E-state index in [4.69, 9.17) is 0 Å². The van der Waals surface area contributed by atoms with Crippen molar-refractivity contribution >= 4 is 0 Å². The zero-order valence-corrected chi connectivity index (χ0v) is 19.7. The molecule has 0 bridgehead atoms. The molecule has 0 amide bonds. The number of hydrogen-bond acceptors (Lipinski definition) is 2. The van der Waals surface area contributed by atoms with E-state index < -0.39 is 0 Å². The van der Waals surface area contributed by atoms with Gasteiger partial charge in [0.25, 0.3) is 0 Å². The molecular weight excluding hydrogens is 356 g/mol. The minimum Gasteiger partial charge on any atom is -0.393 e. The standard InChI is InChI=1S/C27H46O2/c1-17(2)7-6-8-18(3)23-16-24(29)25-21-10-9-19-15-20(28)11-13-26(19,4)22(21)12-14-27(23,25)5/h17-20,22-24,28-29H,6-16H2,1-5H3. The Morgan fingerprint density at radius 3 is 2.45 bits per heavy atom. The summed E-state index contributed by atoms with van der Waals surface area (Å²) < 4.78 is 0. The third-order valence-electron chi connectivity index (χ3n) is 10.2. The minimum absolute atomic E-state index is 0.0794. The van der Waals surface area contributed by atoms with Crippen LogP contribution in [-0.4, -0.2) is 22.4 Å². The van der Waals surface area contributed by atoms with Crippen LogP contribution in [0, 0.1) is 40.4 Å². The Morgan fingerprint density at radius 2 is 1.72 bits per heavy atom. The van der Waals surface area contributed by atoms with E-state index in [0.29, 0.717) is 29.1 Å². The molecular formula is C27H46O2. The summed E-state index contributed by atoms with van der Waals surface area (Å²) >= 11 is 0. The van der Waals surface area contributed by atoms with Gasteiger partial charge in [-0.05, 0) is 97.4 Å². The summed E-state index contributed by atoms with van der Waals surface area (Å²) in [6, 6.07) is 0. The van der Waals surface area contributed by atoms with E-state index in [2.05, 4.69) is 34.6 Å². The maximum absolute atomic E-state index is 11.3. The van der Waals surface area contributed by atoms with Crippen LogP contribution in [0.25, 0.3) is 0 Å². The molecule has 4 aliphatic carbocycles. The maximum Gasteiger partial charge on any atom is 0.0761 e. The Hall–Kier alpha value is -0.340. The van der Waals surface area contributed by atoms with Gasteiger partial charge in [-0.1, -0.05) is 59.5 Å². The number of fused-ring (bicyclic) bond motifs is 4. The second kappa shape index (κ2) is 7.97. The first-order chi connectivity index (χ1) is 13.7. The summed E-state index contributed by atoms with van der Waals surface area (Å²) in [5, 5.41) is 21.5. The van der Waals surface area contributed by atoms with E-state index in [0.717, 1.165) is 25.2 Å². The molecule has 4 rings (SSSR count). The molecule has 2 nitrogen and oxygen atoms in total. The van der Waals surface area contributed by atoms with Gasteiger partial charge in [-0.2, -0.15) is 0 Å². The molecule has 0 aromatic rings. The zero-order chi connectivity index (χ0) is 21.0. The number of allylic oxidation sites excluding steroid dienone is 1. The van der Waals surface area contributed by atoms with E-state index in [1.165, 1.54) is 56.9 Å². The highest BCUT2D eigenvalue weighted by Gasteiger charge is 2.57. The summed E-state index contributed by atoms with van der Waals surface area (Å²) in [5.41, 5.74) is 3.72. The lowest BCUT2D eigenvalue weighted by Crippen LogP contribution is -2.48. The van der Waals surface area contributed by atoms with E-state index >= 15 is 0 Å². The Labute approximate surface area is 179 Å². The fraction of sp³-hybridized carbons (Fsp3) is 0.926. The zero-order valence-electron chi connectivity index (χ0n) is 19.7. The van der Waals surface area contributed by atoms with Gasteiger partial charge in [-0.3, -0.25) is 0 Å². The van der Waals surface area contributed by atoms with Crippen LogP contribution in [0.15, 0.2) is 11.1 Å². The highest BCUT2D eigenvalue weighted by Crippen LogP contribution is 2.65. The van der Waals surface area contributed by atoms with Gasteiger partial charge in [-0.25, -0.2) is 0 Å². The number of rotatable bonds is 5.